The molecule has 37 heavy (non-hydrogen) atoms. The van der Waals surface area contributed by atoms with Crippen LogP contribution in [0.1, 0.15) is 45.2 Å². The molecule has 3 rings (SSSR count). The monoisotopic (exact) mass is 519 g/mol. The summed E-state index contributed by atoms with van der Waals surface area (Å²) in [5.74, 6) is 4.88. The van der Waals surface area contributed by atoms with Gasteiger partial charge >= 0.3 is 12.4 Å². The molecule has 0 radical (unpaired) electrons. The Bertz CT molecular complexity index is 1320. The number of amides is 1. The van der Waals surface area contributed by atoms with Gasteiger partial charge in [0.25, 0.3) is 5.91 Å². The summed E-state index contributed by atoms with van der Waals surface area (Å²) in [6, 6.07) is 10.1. The van der Waals surface area contributed by atoms with Gasteiger partial charge in [0, 0.05) is 19.3 Å². The van der Waals surface area contributed by atoms with Crippen molar-refractivity contribution in [1.82, 2.24) is 9.88 Å². The average Bonchev–Trinajstić information content (AvgIpc) is 2.84. The highest BCUT2D eigenvalue weighted by atomic mass is 19.4. The van der Waals surface area contributed by atoms with Crippen LogP contribution in [0, 0.1) is 18.8 Å². The van der Waals surface area contributed by atoms with Crippen LogP contribution in [0.25, 0.3) is 11.1 Å². The van der Waals surface area contributed by atoms with Gasteiger partial charge < -0.3 is 10.6 Å². The average molecular weight is 519 g/mol. The highest BCUT2D eigenvalue weighted by Gasteiger charge is 2.37. The first-order valence-electron chi connectivity index (χ1n) is 11.2. The van der Waals surface area contributed by atoms with Crippen LogP contribution < -0.4 is 5.73 Å². The number of benzene rings is 2. The molecule has 4 nitrogen and oxygen atoms in total. The number of pyridine rings is 1. The van der Waals surface area contributed by atoms with Crippen LogP contribution in [0.5, 0.6) is 0 Å². The predicted octanol–water partition coefficient (Wildman–Crippen LogP) is 6.07. The normalized spacial score (nSPS) is 11.6. The Morgan fingerprint density at radius 1 is 0.973 bits per heavy atom. The van der Waals surface area contributed by atoms with E-state index in [1.807, 2.05) is 19.1 Å². The molecule has 1 amide bonds. The van der Waals surface area contributed by atoms with Crippen molar-refractivity contribution in [3.8, 4) is 23.0 Å². The number of aromatic nitrogens is 1. The molecule has 0 fully saturated rings. The van der Waals surface area contributed by atoms with Crippen LogP contribution in [0.3, 0.4) is 0 Å². The van der Waals surface area contributed by atoms with E-state index in [0.717, 1.165) is 5.56 Å². The van der Waals surface area contributed by atoms with Gasteiger partial charge in [0.2, 0.25) is 0 Å². The van der Waals surface area contributed by atoms with Gasteiger partial charge in [0.05, 0.1) is 23.2 Å². The Hall–Kier alpha value is -3.84. The molecule has 0 aliphatic rings. The molecule has 1 aromatic heterocycles. The fraction of sp³-hybridized carbons (Fsp3) is 0.259. The van der Waals surface area contributed by atoms with Crippen LogP contribution in [-0.4, -0.2) is 28.9 Å². The highest BCUT2D eigenvalue weighted by molar-refractivity contribution is 6.01. The van der Waals surface area contributed by atoms with E-state index in [1.165, 1.54) is 11.1 Å². The summed E-state index contributed by atoms with van der Waals surface area (Å²) in [7, 11) is 0. The molecule has 2 N–H and O–H groups in total. The molecular formula is C27H23F6N3O. The third-order valence-corrected chi connectivity index (χ3v) is 5.58. The summed E-state index contributed by atoms with van der Waals surface area (Å²) in [6.45, 7) is 3.08. The van der Waals surface area contributed by atoms with Gasteiger partial charge in [-0.15, -0.1) is 0 Å². The van der Waals surface area contributed by atoms with Crippen LogP contribution in [-0.2, 0) is 18.9 Å². The number of carbonyl (C=O) groups excluding carboxylic acids is 1. The van der Waals surface area contributed by atoms with Gasteiger partial charge in [-0.2, -0.15) is 26.3 Å². The van der Waals surface area contributed by atoms with E-state index in [-0.39, 0.29) is 30.3 Å². The lowest BCUT2D eigenvalue weighted by Gasteiger charge is -2.24. The quantitative estimate of drug-likeness (QED) is 0.329. The predicted molar refractivity (Wildman–Crippen MR) is 127 cm³/mol. The second-order valence-corrected chi connectivity index (χ2v) is 8.17. The molecule has 2 aromatic carbocycles. The van der Waals surface area contributed by atoms with Gasteiger partial charge in [-0.1, -0.05) is 30.2 Å². The van der Waals surface area contributed by atoms with Gasteiger partial charge in [-0.25, -0.2) is 4.98 Å². The van der Waals surface area contributed by atoms with Gasteiger partial charge in [-0.05, 0) is 66.3 Å². The zero-order valence-corrected chi connectivity index (χ0v) is 20.0. The maximum Gasteiger partial charge on any atom is 0.416 e. The number of nitrogens with two attached hydrogens (primary N) is 1. The number of hydrogen-bond donors (Lipinski definition) is 1. The van der Waals surface area contributed by atoms with Crippen LogP contribution in [0.15, 0.2) is 54.7 Å². The third kappa shape index (κ3) is 6.68. The van der Waals surface area contributed by atoms with Crippen molar-refractivity contribution in [2.75, 3.05) is 13.1 Å². The molecule has 0 unspecified atom stereocenters. The second-order valence-electron chi connectivity index (χ2n) is 8.17. The van der Waals surface area contributed by atoms with Crippen LogP contribution in [0.2, 0.25) is 0 Å². The number of rotatable bonds is 5. The molecular weight excluding hydrogens is 496 g/mol. The molecule has 10 heteroatoms. The van der Waals surface area contributed by atoms with E-state index >= 15 is 0 Å². The number of hydrogen-bond acceptors (Lipinski definition) is 3. The topological polar surface area (TPSA) is 59.2 Å². The molecule has 0 saturated carbocycles. The molecule has 0 aliphatic heterocycles. The van der Waals surface area contributed by atoms with E-state index < -0.39 is 35.9 Å². The van der Waals surface area contributed by atoms with Crippen LogP contribution >= 0.6 is 0 Å². The zero-order chi connectivity index (χ0) is 27.4. The number of carbonyl (C=O) groups is 1. The molecule has 0 spiro atoms. The minimum Gasteiger partial charge on any atom is -0.335 e. The first kappa shape index (κ1) is 27.7. The number of halogens is 6. The lowest BCUT2D eigenvalue weighted by molar-refractivity contribution is -0.143. The van der Waals surface area contributed by atoms with Crippen molar-refractivity contribution in [3.05, 3.63) is 88.2 Å². The van der Waals surface area contributed by atoms with Crippen molar-refractivity contribution < 1.29 is 31.1 Å². The lowest BCUT2D eigenvalue weighted by atomic mass is 9.95. The molecule has 0 aliphatic carbocycles. The van der Waals surface area contributed by atoms with Crippen molar-refractivity contribution in [1.29, 1.82) is 0 Å². The summed E-state index contributed by atoms with van der Waals surface area (Å²) >= 11 is 0. The molecule has 3 aromatic rings. The SMILES string of the molecule is CCN(Cc1cc(C(F)(F)F)cc(C(F)(F)F)c1)C(=O)c1cnc(C#CCN)cc1-c1ccccc1C. The Kier molecular flexibility index (Phi) is 8.28. The van der Waals surface area contributed by atoms with E-state index in [1.54, 1.807) is 25.1 Å². The van der Waals surface area contributed by atoms with E-state index in [2.05, 4.69) is 16.8 Å². The fourth-order valence-corrected chi connectivity index (χ4v) is 3.76. The second kappa shape index (κ2) is 11.0. The van der Waals surface area contributed by atoms with Crippen molar-refractivity contribution in [3.63, 3.8) is 0 Å². The van der Waals surface area contributed by atoms with Crippen molar-refractivity contribution in [2.24, 2.45) is 5.73 Å². The maximum atomic E-state index is 13.6. The Balaban J connectivity index is 2.08. The summed E-state index contributed by atoms with van der Waals surface area (Å²) in [4.78, 5) is 18.9. The number of alkyl halides is 6. The Morgan fingerprint density at radius 3 is 2.14 bits per heavy atom. The minimum absolute atomic E-state index is 0.0262. The summed E-state index contributed by atoms with van der Waals surface area (Å²) < 4.78 is 79.9. The summed E-state index contributed by atoms with van der Waals surface area (Å²) in [6.07, 6.45) is -8.67. The van der Waals surface area contributed by atoms with Crippen molar-refractivity contribution >= 4 is 5.91 Å². The molecule has 0 bridgehead atoms. The van der Waals surface area contributed by atoms with Gasteiger partial charge in [0.15, 0.2) is 0 Å². The molecule has 0 atom stereocenters. The van der Waals surface area contributed by atoms with Crippen LogP contribution in [0.4, 0.5) is 26.3 Å². The first-order chi connectivity index (χ1) is 17.3. The molecule has 0 saturated heterocycles. The lowest BCUT2D eigenvalue weighted by Crippen LogP contribution is -2.31. The van der Waals surface area contributed by atoms with Crippen molar-refractivity contribution in [2.45, 2.75) is 32.7 Å². The van der Waals surface area contributed by atoms with Gasteiger partial charge in [-0.3, -0.25) is 4.79 Å². The first-order valence-corrected chi connectivity index (χ1v) is 11.2. The zero-order valence-electron chi connectivity index (χ0n) is 20.0. The largest absolute Gasteiger partial charge is 0.416 e. The smallest absolute Gasteiger partial charge is 0.335 e. The number of aryl methyl sites for hydroxylation is 1. The Morgan fingerprint density at radius 2 is 1.59 bits per heavy atom. The van der Waals surface area contributed by atoms with E-state index in [9.17, 15) is 31.1 Å². The van der Waals surface area contributed by atoms with E-state index in [0.29, 0.717) is 29.0 Å². The fourth-order valence-electron chi connectivity index (χ4n) is 3.76. The molecule has 194 valence electrons. The number of nitrogens with zero attached hydrogens (tertiary/aromatic N) is 2. The van der Waals surface area contributed by atoms with Gasteiger partial charge in [0.1, 0.15) is 5.69 Å². The summed E-state index contributed by atoms with van der Waals surface area (Å²) in [5.41, 5.74) is 4.78. The third-order valence-electron chi connectivity index (χ3n) is 5.58. The maximum absolute atomic E-state index is 13.6. The summed E-state index contributed by atoms with van der Waals surface area (Å²) in [5, 5.41) is 0. The standard InChI is InChI=1S/C27H23F6N3O/c1-3-36(16-18-11-19(26(28,29)30)13-20(12-18)27(31,32)33)25(37)24-15-35-21(8-6-10-34)14-23(24)22-9-5-4-7-17(22)2/h4-5,7,9,11-15H,3,10,16,34H2,1-2H3. The highest BCUT2D eigenvalue weighted by Crippen LogP contribution is 2.37. The molecule has 1 heterocycles. The Labute approximate surface area is 210 Å². The minimum atomic E-state index is -4.99. The van der Waals surface area contributed by atoms with E-state index in [4.69, 9.17) is 5.73 Å².